The number of nitrogens with one attached hydrogen (secondary N) is 2. The molecule has 1 aromatic rings. The van der Waals surface area contributed by atoms with E-state index in [0.29, 0.717) is 12.0 Å². The number of ether oxygens (including phenoxy) is 1. The highest BCUT2D eigenvalue weighted by Gasteiger charge is 2.25. The van der Waals surface area contributed by atoms with E-state index in [1.165, 1.54) is 30.8 Å². The Balaban J connectivity index is 1.54. The smallest absolute Gasteiger partial charge is 0.191 e. The van der Waals surface area contributed by atoms with Crippen LogP contribution in [0, 0.1) is 11.8 Å². The van der Waals surface area contributed by atoms with Crippen molar-refractivity contribution in [3.8, 4) is 0 Å². The summed E-state index contributed by atoms with van der Waals surface area (Å²) in [6.45, 7) is 8.35. The lowest BCUT2D eigenvalue weighted by molar-refractivity contribution is 0.140. The van der Waals surface area contributed by atoms with Crippen molar-refractivity contribution in [2.24, 2.45) is 16.8 Å². The van der Waals surface area contributed by atoms with E-state index < -0.39 is 0 Å². The summed E-state index contributed by atoms with van der Waals surface area (Å²) in [4.78, 5) is 8.48. The molecule has 0 bridgehead atoms. The molecular formula is C19H32N4OS. The van der Waals surface area contributed by atoms with Crippen molar-refractivity contribution in [1.82, 2.24) is 15.5 Å². The SMILES string of the molecule is CN=C(NCC1CCOC1)NCC(c1cccs1)N1CCC(C)CC1. The van der Waals surface area contributed by atoms with Crippen molar-refractivity contribution in [3.05, 3.63) is 22.4 Å². The molecule has 2 aliphatic rings. The molecule has 0 saturated carbocycles. The molecule has 2 unspecified atom stereocenters. The summed E-state index contributed by atoms with van der Waals surface area (Å²) in [5.74, 6) is 2.37. The lowest BCUT2D eigenvalue weighted by atomic mass is 9.97. The number of hydrogen-bond acceptors (Lipinski definition) is 4. The normalized spacial score (nSPS) is 24.4. The summed E-state index contributed by atoms with van der Waals surface area (Å²) < 4.78 is 5.45. The molecule has 1 aromatic heterocycles. The molecule has 2 aliphatic heterocycles. The minimum atomic E-state index is 0.431. The van der Waals surface area contributed by atoms with Gasteiger partial charge < -0.3 is 15.4 Å². The van der Waals surface area contributed by atoms with Crippen LogP contribution in [0.25, 0.3) is 0 Å². The van der Waals surface area contributed by atoms with Crippen LogP contribution in [0.3, 0.4) is 0 Å². The summed E-state index contributed by atoms with van der Waals surface area (Å²) in [5.41, 5.74) is 0. The second-order valence-corrected chi connectivity index (χ2v) is 8.29. The molecule has 3 rings (SSSR count). The highest BCUT2D eigenvalue weighted by Crippen LogP contribution is 2.29. The van der Waals surface area contributed by atoms with E-state index in [1.807, 2.05) is 18.4 Å². The van der Waals surface area contributed by atoms with Gasteiger partial charge in [-0.25, -0.2) is 0 Å². The van der Waals surface area contributed by atoms with E-state index in [-0.39, 0.29) is 0 Å². The summed E-state index contributed by atoms with van der Waals surface area (Å²) in [6, 6.07) is 4.86. The highest BCUT2D eigenvalue weighted by molar-refractivity contribution is 7.10. The molecule has 0 aliphatic carbocycles. The number of nitrogens with zero attached hydrogens (tertiary/aromatic N) is 2. The molecule has 2 saturated heterocycles. The minimum absolute atomic E-state index is 0.431. The fraction of sp³-hybridized carbons (Fsp3) is 0.737. The molecule has 140 valence electrons. The maximum atomic E-state index is 5.45. The molecule has 0 aromatic carbocycles. The average Bonchev–Trinajstić information content (AvgIpc) is 3.33. The van der Waals surface area contributed by atoms with Gasteiger partial charge in [-0.3, -0.25) is 9.89 Å². The number of guanidine groups is 1. The predicted molar refractivity (Wildman–Crippen MR) is 105 cm³/mol. The Kier molecular flexibility index (Phi) is 7.13. The van der Waals surface area contributed by atoms with E-state index in [2.05, 4.69) is 45.0 Å². The van der Waals surface area contributed by atoms with Gasteiger partial charge in [0.2, 0.25) is 0 Å². The van der Waals surface area contributed by atoms with Gasteiger partial charge in [0, 0.05) is 37.5 Å². The Morgan fingerprint density at radius 2 is 2.20 bits per heavy atom. The van der Waals surface area contributed by atoms with Gasteiger partial charge in [0.25, 0.3) is 0 Å². The average molecular weight is 365 g/mol. The van der Waals surface area contributed by atoms with Gasteiger partial charge >= 0.3 is 0 Å². The van der Waals surface area contributed by atoms with E-state index >= 15 is 0 Å². The lowest BCUT2D eigenvalue weighted by Gasteiger charge is -2.36. The van der Waals surface area contributed by atoms with Crippen LogP contribution < -0.4 is 10.6 Å². The molecule has 0 radical (unpaired) electrons. The number of thiophene rings is 1. The predicted octanol–water partition coefficient (Wildman–Crippen LogP) is 2.72. The zero-order valence-electron chi connectivity index (χ0n) is 15.5. The van der Waals surface area contributed by atoms with E-state index in [0.717, 1.165) is 44.6 Å². The molecule has 2 N–H and O–H groups in total. The molecule has 0 spiro atoms. The Bertz CT molecular complexity index is 520. The van der Waals surface area contributed by atoms with Crippen molar-refractivity contribution in [2.45, 2.75) is 32.2 Å². The number of hydrogen-bond donors (Lipinski definition) is 2. The van der Waals surface area contributed by atoms with Crippen LogP contribution in [0.4, 0.5) is 0 Å². The topological polar surface area (TPSA) is 48.9 Å². The monoisotopic (exact) mass is 364 g/mol. The van der Waals surface area contributed by atoms with E-state index in [1.54, 1.807) is 0 Å². The zero-order chi connectivity index (χ0) is 17.5. The molecule has 6 heteroatoms. The third-order valence-corrected chi connectivity index (χ3v) is 6.37. The van der Waals surface area contributed by atoms with Gasteiger partial charge in [0.05, 0.1) is 12.6 Å². The minimum Gasteiger partial charge on any atom is -0.381 e. The Hall–Kier alpha value is -1.11. The third kappa shape index (κ3) is 5.43. The van der Waals surface area contributed by atoms with Gasteiger partial charge in [-0.05, 0) is 49.7 Å². The molecule has 5 nitrogen and oxygen atoms in total. The first-order chi connectivity index (χ1) is 12.3. The first kappa shape index (κ1) is 18.7. The van der Waals surface area contributed by atoms with Gasteiger partial charge in [0.1, 0.15) is 0 Å². The summed E-state index contributed by atoms with van der Waals surface area (Å²) in [7, 11) is 1.85. The number of rotatable bonds is 6. The van der Waals surface area contributed by atoms with Crippen molar-refractivity contribution < 1.29 is 4.74 Å². The zero-order valence-corrected chi connectivity index (χ0v) is 16.4. The largest absolute Gasteiger partial charge is 0.381 e. The fourth-order valence-corrected chi connectivity index (χ4v) is 4.49. The second kappa shape index (κ2) is 9.55. The summed E-state index contributed by atoms with van der Waals surface area (Å²) in [6.07, 6.45) is 3.75. The van der Waals surface area contributed by atoms with Crippen molar-refractivity contribution in [3.63, 3.8) is 0 Å². The molecule has 2 atom stereocenters. The van der Waals surface area contributed by atoms with Gasteiger partial charge in [-0.2, -0.15) is 0 Å². The number of aliphatic imine (C=N–C) groups is 1. The van der Waals surface area contributed by atoms with Gasteiger partial charge in [-0.1, -0.05) is 13.0 Å². The van der Waals surface area contributed by atoms with Crippen LogP contribution in [-0.2, 0) is 4.74 Å². The van der Waals surface area contributed by atoms with Crippen LogP contribution >= 0.6 is 11.3 Å². The lowest BCUT2D eigenvalue weighted by Crippen LogP contribution is -2.45. The maximum Gasteiger partial charge on any atom is 0.191 e. The van der Waals surface area contributed by atoms with Gasteiger partial charge in [-0.15, -0.1) is 11.3 Å². The van der Waals surface area contributed by atoms with Crippen molar-refractivity contribution >= 4 is 17.3 Å². The Labute approximate surface area is 155 Å². The molecular weight excluding hydrogens is 332 g/mol. The molecule has 0 amide bonds. The molecule has 2 fully saturated rings. The third-order valence-electron chi connectivity index (χ3n) is 5.40. The van der Waals surface area contributed by atoms with E-state index in [4.69, 9.17) is 4.74 Å². The summed E-state index contributed by atoms with van der Waals surface area (Å²) in [5, 5.41) is 9.20. The summed E-state index contributed by atoms with van der Waals surface area (Å²) >= 11 is 1.86. The van der Waals surface area contributed by atoms with Crippen LogP contribution in [0.2, 0.25) is 0 Å². The Morgan fingerprint density at radius 1 is 1.36 bits per heavy atom. The first-order valence-electron chi connectivity index (χ1n) is 9.56. The number of likely N-dealkylation sites (tertiary alicyclic amines) is 1. The molecule has 3 heterocycles. The van der Waals surface area contributed by atoms with Crippen LogP contribution in [0.5, 0.6) is 0 Å². The first-order valence-corrected chi connectivity index (χ1v) is 10.4. The second-order valence-electron chi connectivity index (χ2n) is 7.31. The Morgan fingerprint density at radius 3 is 2.84 bits per heavy atom. The van der Waals surface area contributed by atoms with Crippen molar-refractivity contribution in [1.29, 1.82) is 0 Å². The van der Waals surface area contributed by atoms with Crippen LogP contribution in [-0.4, -0.2) is 57.3 Å². The standard InChI is InChI=1S/C19H32N4OS/c1-15-5-8-23(9-6-15)17(18-4-3-11-25-18)13-22-19(20-2)21-12-16-7-10-24-14-16/h3-4,11,15-17H,5-10,12-14H2,1-2H3,(H2,20,21,22). The number of piperidine rings is 1. The van der Waals surface area contributed by atoms with Crippen LogP contribution in [0.15, 0.2) is 22.5 Å². The quantitative estimate of drug-likeness (QED) is 0.602. The maximum absolute atomic E-state index is 5.45. The molecule has 25 heavy (non-hydrogen) atoms. The van der Waals surface area contributed by atoms with Gasteiger partial charge in [0.15, 0.2) is 5.96 Å². The van der Waals surface area contributed by atoms with Crippen molar-refractivity contribution in [2.75, 3.05) is 46.4 Å². The van der Waals surface area contributed by atoms with E-state index in [9.17, 15) is 0 Å². The fourth-order valence-electron chi connectivity index (χ4n) is 3.63. The highest BCUT2D eigenvalue weighted by atomic mass is 32.1. The van der Waals surface area contributed by atoms with Crippen LogP contribution in [0.1, 0.15) is 37.1 Å².